The van der Waals surface area contributed by atoms with E-state index in [4.69, 9.17) is 0 Å². The van der Waals surface area contributed by atoms with Crippen LogP contribution in [0.4, 0.5) is 4.79 Å². The molecule has 1 atom stereocenters. The van der Waals surface area contributed by atoms with Crippen molar-refractivity contribution in [2.24, 2.45) is 5.92 Å². The van der Waals surface area contributed by atoms with Crippen LogP contribution in [-0.2, 0) is 23.2 Å². The number of carboxylic acid groups (broad SMARTS) is 1. The zero-order chi connectivity index (χ0) is 25.9. The summed E-state index contributed by atoms with van der Waals surface area (Å²) in [5, 5.41) is 21.8. The average Bonchev–Trinajstić information content (AvgIpc) is 2.81. The SMILES string of the molecule is CCCCNS(=O)(=O)N(CC(C)C)C(O)(CCN(Cc1ccccc1)C(=O)O)Cc1ccccc1. The molecule has 1 amide bonds. The first-order valence-corrected chi connectivity index (χ1v) is 13.6. The number of rotatable bonds is 15. The van der Waals surface area contributed by atoms with Crippen molar-refractivity contribution < 1.29 is 23.4 Å². The van der Waals surface area contributed by atoms with Gasteiger partial charge in [-0.15, -0.1) is 0 Å². The van der Waals surface area contributed by atoms with Crippen LogP contribution in [-0.4, -0.2) is 59.3 Å². The molecule has 0 aromatic heterocycles. The van der Waals surface area contributed by atoms with E-state index in [1.165, 1.54) is 4.90 Å². The number of carbonyl (C=O) groups is 1. The summed E-state index contributed by atoms with van der Waals surface area (Å²) in [6, 6.07) is 18.4. The Hall–Kier alpha value is -2.46. The molecule has 0 fully saturated rings. The molecule has 1 unspecified atom stereocenters. The molecule has 3 N–H and O–H groups in total. The quantitative estimate of drug-likeness (QED) is 0.250. The molecule has 0 heterocycles. The van der Waals surface area contributed by atoms with Crippen LogP contribution in [0.25, 0.3) is 0 Å². The number of hydrogen-bond acceptors (Lipinski definition) is 4. The minimum atomic E-state index is -4.03. The van der Waals surface area contributed by atoms with Crippen LogP contribution < -0.4 is 4.72 Å². The van der Waals surface area contributed by atoms with E-state index >= 15 is 0 Å². The van der Waals surface area contributed by atoms with Gasteiger partial charge in [-0.05, 0) is 23.5 Å². The van der Waals surface area contributed by atoms with Gasteiger partial charge in [0.1, 0.15) is 5.72 Å². The van der Waals surface area contributed by atoms with Crippen LogP contribution in [0.1, 0.15) is 51.2 Å². The molecule has 0 spiro atoms. The number of nitrogens with zero attached hydrogens (tertiary/aromatic N) is 2. The van der Waals surface area contributed by atoms with Crippen molar-refractivity contribution in [3.05, 3.63) is 71.8 Å². The standard InChI is InChI=1S/C26H39N3O5S/c1-4-5-17-27-35(33,34)29(20-22(2)3)26(32,19-23-12-8-6-9-13-23)16-18-28(25(30)31)21-24-14-10-7-11-15-24/h6-15,22,27,32H,4-5,16-21H2,1-3H3,(H,30,31). The smallest absolute Gasteiger partial charge is 0.407 e. The second kappa shape index (κ2) is 13.6. The summed E-state index contributed by atoms with van der Waals surface area (Å²) in [5.41, 5.74) is -0.250. The van der Waals surface area contributed by atoms with Gasteiger partial charge < -0.3 is 15.1 Å². The predicted octanol–water partition coefficient (Wildman–Crippen LogP) is 4.08. The van der Waals surface area contributed by atoms with E-state index in [0.29, 0.717) is 6.42 Å². The molecular weight excluding hydrogens is 466 g/mol. The fourth-order valence-electron chi connectivity index (χ4n) is 3.86. The Morgan fingerprint density at radius 3 is 2.11 bits per heavy atom. The van der Waals surface area contributed by atoms with Crippen LogP contribution in [0.3, 0.4) is 0 Å². The number of aliphatic hydroxyl groups is 1. The van der Waals surface area contributed by atoms with E-state index in [0.717, 1.165) is 21.9 Å². The lowest BCUT2D eigenvalue weighted by Crippen LogP contribution is -2.59. The molecule has 0 saturated heterocycles. The van der Waals surface area contributed by atoms with Gasteiger partial charge in [-0.3, -0.25) is 0 Å². The Morgan fingerprint density at radius 1 is 1.03 bits per heavy atom. The van der Waals surface area contributed by atoms with Crippen LogP contribution in [0.5, 0.6) is 0 Å². The largest absolute Gasteiger partial charge is 0.465 e. The maximum Gasteiger partial charge on any atom is 0.407 e. The second-order valence-electron chi connectivity index (χ2n) is 9.26. The molecule has 2 aromatic carbocycles. The normalized spacial score (nSPS) is 13.7. The highest BCUT2D eigenvalue weighted by molar-refractivity contribution is 7.87. The van der Waals surface area contributed by atoms with Crippen LogP contribution in [0.2, 0.25) is 0 Å². The summed E-state index contributed by atoms with van der Waals surface area (Å²) in [7, 11) is -4.03. The first-order valence-electron chi connectivity index (χ1n) is 12.1. The molecule has 2 rings (SSSR count). The van der Waals surface area contributed by atoms with Crippen LogP contribution in [0, 0.1) is 5.92 Å². The number of nitrogens with one attached hydrogen (secondary N) is 1. The molecule has 0 bridgehead atoms. The van der Waals surface area contributed by atoms with Gasteiger partial charge in [0.25, 0.3) is 10.2 Å². The number of benzene rings is 2. The van der Waals surface area contributed by atoms with Gasteiger partial charge in [-0.25, -0.2) is 9.52 Å². The van der Waals surface area contributed by atoms with Gasteiger partial charge in [-0.1, -0.05) is 87.9 Å². The molecule has 8 nitrogen and oxygen atoms in total. The third-order valence-electron chi connectivity index (χ3n) is 5.70. The van der Waals surface area contributed by atoms with Crippen molar-refractivity contribution in [2.75, 3.05) is 19.6 Å². The lowest BCUT2D eigenvalue weighted by atomic mass is 9.98. The zero-order valence-corrected chi connectivity index (χ0v) is 21.7. The molecule has 194 valence electrons. The summed E-state index contributed by atoms with van der Waals surface area (Å²) < 4.78 is 30.5. The van der Waals surface area contributed by atoms with E-state index < -0.39 is 22.0 Å². The monoisotopic (exact) mass is 505 g/mol. The Labute approximate surface area is 209 Å². The summed E-state index contributed by atoms with van der Waals surface area (Å²) >= 11 is 0. The van der Waals surface area contributed by atoms with E-state index in [1.54, 1.807) is 0 Å². The van der Waals surface area contributed by atoms with Gasteiger partial charge in [0.15, 0.2) is 0 Å². The fraction of sp³-hybridized carbons (Fsp3) is 0.500. The van der Waals surface area contributed by atoms with E-state index in [1.807, 2.05) is 81.4 Å². The molecule has 0 aliphatic carbocycles. The molecule has 0 saturated carbocycles. The number of unbranched alkanes of at least 4 members (excludes halogenated alkanes) is 1. The molecular formula is C26H39N3O5S. The summed E-state index contributed by atoms with van der Waals surface area (Å²) in [6.45, 7) is 6.21. The van der Waals surface area contributed by atoms with Crippen LogP contribution in [0.15, 0.2) is 60.7 Å². The van der Waals surface area contributed by atoms with E-state index in [9.17, 15) is 23.4 Å². The summed E-state index contributed by atoms with van der Waals surface area (Å²) in [4.78, 5) is 13.2. The predicted molar refractivity (Wildman–Crippen MR) is 138 cm³/mol. The molecule has 0 aliphatic heterocycles. The number of hydrogen-bond donors (Lipinski definition) is 3. The third kappa shape index (κ3) is 9.25. The lowest BCUT2D eigenvalue weighted by Gasteiger charge is -2.40. The van der Waals surface area contributed by atoms with Crippen molar-refractivity contribution in [3.8, 4) is 0 Å². The lowest BCUT2D eigenvalue weighted by molar-refractivity contribution is -0.0758. The Bertz CT molecular complexity index is 1000. The van der Waals surface area contributed by atoms with Gasteiger partial charge in [0.05, 0.1) is 0 Å². The highest BCUT2D eigenvalue weighted by atomic mass is 32.2. The minimum absolute atomic E-state index is 0.0351. The van der Waals surface area contributed by atoms with Gasteiger partial charge in [-0.2, -0.15) is 12.7 Å². The molecule has 9 heteroatoms. The van der Waals surface area contributed by atoms with Crippen molar-refractivity contribution >= 4 is 16.3 Å². The molecule has 35 heavy (non-hydrogen) atoms. The first-order chi connectivity index (χ1) is 16.6. The highest BCUT2D eigenvalue weighted by Crippen LogP contribution is 2.27. The molecule has 0 aliphatic rings. The Morgan fingerprint density at radius 2 is 1.60 bits per heavy atom. The van der Waals surface area contributed by atoms with Crippen molar-refractivity contribution in [3.63, 3.8) is 0 Å². The van der Waals surface area contributed by atoms with Crippen molar-refractivity contribution in [1.82, 2.24) is 13.9 Å². The Balaban J connectivity index is 2.38. The van der Waals surface area contributed by atoms with E-state index in [-0.39, 0.29) is 44.9 Å². The van der Waals surface area contributed by atoms with E-state index in [2.05, 4.69) is 4.72 Å². The van der Waals surface area contributed by atoms with Gasteiger partial charge in [0, 0.05) is 39.0 Å². The molecule has 0 radical (unpaired) electrons. The Kier molecular flexibility index (Phi) is 11.2. The minimum Gasteiger partial charge on any atom is -0.465 e. The van der Waals surface area contributed by atoms with Crippen LogP contribution >= 0.6 is 0 Å². The third-order valence-corrected chi connectivity index (χ3v) is 7.34. The average molecular weight is 506 g/mol. The van der Waals surface area contributed by atoms with Gasteiger partial charge >= 0.3 is 6.09 Å². The van der Waals surface area contributed by atoms with Crippen molar-refractivity contribution in [2.45, 2.75) is 58.7 Å². The maximum absolute atomic E-state index is 13.4. The summed E-state index contributed by atoms with van der Waals surface area (Å²) in [6.07, 6.45) is 0.329. The first kappa shape index (κ1) is 28.8. The summed E-state index contributed by atoms with van der Waals surface area (Å²) in [5.74, 6) is -0.0556. The molecule has 2 aromatic rings. The highest BCUT2D eigenvalue weighted by Gasteiger charge is 2.42. The maximum atomic E-state index is 13.4. The second-order valence-corrected chi connectivity index (χ2v) is 10.9. The topological polar surface area (TPSA) is 110 Å². The zero-order valence-electron chi connectivity index (χ0n) is 20.9. The number of amides is 1. The van der Waals surface area contributed by atoms with Crippen molar-refractivity contribution in [1.29, 1.82) is 0 Å². The fourth-order valence-corrected chi connectivity index (χ4v) is 5.52. The van der Waals surface area contributed by atoms with Gasteiger partial charge in [0.2, 0.25) is 0 Å².